The molecule has 0 saturated carbocycles. The molecule has 9 rings (SSSR count). The molecule has 3 aliphatic carbocycles. The zero-order valence-corrected chi connectivity index (χ0v) is 21.6. The Bertz CT molecular complexity index is 2490. The van der Waals surface area contributed by atoms with Crippen molar-refractivity contribution < 1.29 is 14.7 Å². The number of rotatable bonds is 1. The van der Waals surface area contributed by atoms with Crippen molar-refractivity contribution in [1.29, 1.82) is 0 Å². The molecular weight excluding hydrogens is 496 g/mol. The monoisotopic (exact) mass is 516 g/mol. The number of H-pyrrole nitrogens is 1. The molecule has 0 bridgehead atoms. The highest BCUT2D eigenvalue weighted by Gasteiger charge is 2.42. The van der Waals surface area contributed by atoms with E-state index in [2.05, 4.69) is 41.4 Å². The predicted molar refractivity (Wildman–Crippen MR) is 156 cm³/mol. The average molecular weight is 517 g/mol. The summed E-state index contributed by atoms with van der Waals surface area (Å²) in [6.07, 6.45) is 0. The standard InChI is InChI=1S/C35H20N2O3/c1-15-23-19-11-3-7-17-9-5-13-21(25(17)19)27(23)31(36-15)29-33(38)30(35(40)34(29)39)32-28-22-14-6-10-18-8-4-12-20(26(18)22)24(28)16(2)37-32/h3-14,36,38H,1-2H3/b32-30+. The van der Waals surface area contributed by atoms with E-state index in [1.807, 2.05) is 50.2 Å². The van der Waals surface area contributed by atoms with Gasteiger partial charge in [0.2, 0.25) is 11.6 Å². The fraction of sp³-hybridized carbons (Fsp3) is 0.0571. The highest BCUT2D eigenvalue weighted by molar-refractivity contribution is 6.70. The van der Waals surface area contributed by atoms with Gasteiger partial charge in [0.15, 0.2) is 0 Å². The molecule has 188 valence electrons. The maximum atomic E-state index is 13.7. The number of aliphatic hydroxyl groups excluding tert-OH is 1. The first-order valence-corrected chi connectivity index (χ1v) is 13.3. The molecule has 4 aromatic carbocycles. The van der Waals surface area contributed by atoms with Crippen molar-refractivity contribution in [1.82, 2.24) is 9.97 Å². The Hall–Kier alpha value is -5.29. The van der Waals surface area contributed by atoms with Crippen molar-refractivity contribution in [2.24, 2.45) is 0 Å². The Morgan fingerprint density at radius 3 is 1.95 bits per heavy atom. The number of fused-ring (bicyclic) bond motifs is 5. The van der Waals surface area contributed by atoms with Crippen LogP contribution in [-0.2, 0) is 9.59 Å². The molecule has 1 aliphatic heterocycles. The zero-order chi connectivity index (χ0) is 27.0. The molecule has 5 nitrogen and oxygen atoms in total. The van der Waals surface area contributed by atoms with Crippen LogP contribution in [0.1, 0.15) is 17.1 Å². The summed E-state index contributed by atoms with van der Waals surface area (Å²) in [4.78, 5) is 35.6. The summed E-state index contributed by atoms with van der Waals surface area (Å²) in [7, 11) is 0. The van der Waals surface area contributed by atoms with Crippen molar-refractivity contribution in [3.8, 4) is 22.3 Å². The van der Waals surface area contributed by atoms with Gasteiger partial charge in [-0.15, -0.1) is 0 Å². The molecule has 5 heteroatoms. The molecule has 1 aromatic heterocycles. The van der Waals surface area contributed by atoms with Gasteiger partial charge in [0.05, 0.1) is 22.2 Å². The van der Waals surface area contributed by atoms with Gasteiger partial charge in [-0.1, -0.05) is 72.8 Å². The normalized spacial score (nSPS) is 16.1. The predicted octanol–water partition coefficient (Wildman–Crippen LogP) is 6.29. The second-order valence-electron chi connectivity index (χ2n) is 10.8. The molecule has 2 heterocycles. The first-order valence-electron chi connectivity index (χ1n) is 13.3. The average Bonchev–Trinajstić information content (AvgIpc) is 3.71. The number of carbonyl (C=O) groups is 2. The summed E-state index contributed by atoms with van der Waals surface area (Å²) in [5, 5.41) is 20.3. The zero-order valence-electron chi connectivity index (χ0n) is 21.6. The highest BCUT2D eigenvalue weighted by Crippen LogP contribution is 2.52. The number of ketones is 2. The summed E-state index contributed by atoms with van der Waals surface area (Å²) in [6, 6.07) is 24.5. The van der Waals surface area contributed by atoms with E-state index in [0.717, 1.165) is 76.4 Å². The van der Waals surface area contributed by atoms with Gasteiger partial charge >= 0.3 is 0 Å². The number of aryl methyl sites for hydroxylation is 2. The lowest BCUT2D eigenvalue weighted by atomic mass is 9.99. The third-order valence-corrected chi connectivity index (χ3v) is 8.82. The van der Waals surface area contributed by atoms with E-state index < -0.39 is 11.6 Å². The molecule has 0 atom stereocenters. The summed E-state index contributed by atoms with van der Waals surface area (Å²) in [5.74, 6) is -1.76. The molecule has 40 heavy (non-hydrogen) atoms. The van der Waals surface area contributed by atoms with Gasteiger partial charge in [0, 0.05) is 33.0 Å². The molecule has 0 fully saturated rings. The number of hydrogen-bond acceptors (Lipinski definition) is 4. The first-order chi connectivity index (χ1) is 19.5. The fourth-order valence-corrected chi connectivity index (χ4v) is 7.30. The van der Waals surface area contributed by atoms with Crippen LogP contribution in [0.4, 0.5) is 0 Å². The second kappa shape index (κ2) is 7.01. The van der Waals surface area contributed by atoms with Gasteiger partial charge in [-0.3, -0.25) is 14.6 Å². The van der Waals surface area contributed by atoms with Gasteiger partial charge in [0.1, 0.15) is 5.76 Å². The lowest BCUT2D eigenvalue weighted by Crippen LogP contribution is -2.18. The Labute approximate surface area is 227 Å². The molecule has 0 unspecified atom stereocenters. The molecule has 0 spiro atoms. The lowest BCUT2D eigenvalue weighted by Gasteiger charge is -2.05. The highest BCUT2D eigenvalue weighted by atomic mass is 16.3. The minimum atomic E-state index is -0.731. The van der Waals surface area contributed by atoms with Crippen LogP contribution in [0.5, 0.6) is 0 Å². The molecule has 0 amide bonds. The molecule has 0 saturated heterocycles. The number of aliphatic hydroxyl groups is 1. The molecule has 0 radical (unpaired) electrons. The van der Waals surface area contributed by atoms with Gasteiger partial charge < -0.3 is 10.1 Å². The number of allylic oxidation sites excluding steroid dienone is 2. The van der Waals surface area contributed by atoms with Gasteiger partial charge in [0.25, 0.3) is 0 Å². The van der Waals surface area contributed by atoms with Crippen molar-refractivity contribution >= 4 is 55.0 Å². The third kappa shape index (κ3) is 2.33. The number of carbonyl (C=O) groups excluding carboxylic acids is 2. The molecule has 4 aliphatic rings. The molecule has 5 aromatic rings. The Balaban J connectivity index is 1.41. The smallest absolute Gasteiger partial charge is 0.239 e. The first kappa shape index (κ1) is 21.6. The quantitative estimate of drug-likeness (QED) is 0.251. The van der Waals surface area contributed by atoms with Crippen LogP contribution in [0.2, 0.25) is 0 Å². The summed E-state index contributed by atoms with van der Waals surface area (Å²) in [5.41, 5.74) is 6.04. The van der Waals surface area contributed by atoms with Crippen LogP contribution in [0.25, 0.3) is 65.7 Å². The second-order valence-corrected chi connectivity index (χ2v) is 10.8. The SMILES string of the molecule is Cc1[nH]c(C2=C(O)/C(=c3\nc(C)c4c5cccc6cccc(c3=4)c65)C(=O)C2=O)c2c1-c1cccc3cccc-2c13. The van der Waals surface area contributed by atoms with Gasteiger partial charge in [-0.25, -0.2) is 0 Å². The number of nitrogens with one attached hydrogen (secondary N) is 1. The number of nitrogens with zero attached hydrogens (tertiary/aromatic N) is 1. The number of hydrogen-bond donors (Lipinski definition) is 2. The van der Waals surface area contributed by atoms with E-state index in [9.17, 15) is 14.7 Å². The van der Waals surface area contributed by atoms with Crippen LogP contribution in [-0.4, -0.2) is 26.6 Å². The maximum Gasteiger partial charge on any atom is 0.239 e. The van der Waals surface area contributed by atoms with Crippen LogP contribution >= 0.6 is 0 Å². The Morgan fingerprint density at radius 1 is 0.675 bits per heavy atom. The third-order valence-electron chi connectivity index (χ3n) is 8.82. The van der Waals surface area contributed by atoms with Crippen LogP contribution < -0.4 is 5.35 Å². The molecule has 2 N–H and O–H groups in total. The lowest BCUT2D eigenvalue weighted by molar-refractivity contribution is -0.129. The minimum Gasteiger partial charge on any atom is -0.506 e. The van der Waals surface area contributed by atoms with Crippen LogP contribution in [0.15, 0.2) is 78.6 Å². The summed E-state index contributed by atoms with van der Waals surface area (Å²) < 4.78 is 0. The Kier molecular flexibility index (Phi) is 3.79. The van der Waals surface area contributed by atoms with E-state index in [4.69, 9.17) is 4.98 Å². The van der Waals surface area contributed by atoms with E-state index >= 15 is 0 Å². The van der Waals surface area contributed by atoms with E-state index in [1.54, 1.807) is 0 Å². The number of aromatic amines is 1. The van der Waals surface area contributed by atoms with Crippen LogP contribution in [0.3, 0.4) is 0 Å². The van der Waals surface area contributed by atoms with Gasteiger partial charge in [-0.05, 0) is 57.3 Å². The minimum absolute atomic E-state index is 0.0114. The fourth-order valence-electron chi connectivity index (χ4n) is 7.30. The van der Waals surface area contributed by atoms with Gasteiger partial charge in [-0.2, -0.15) is 0 Å². The van der Waals surface area contributed by atoms with Crippen LogP contribution in [0, 0.1) is 24.3 Å². The van der Waals surface area contributed by atoms with Crippen molar-refractivity contribution in [2.75, 3.05) is 0 Å². The number of benzene rings is 4. The Morgan fingerprint density at radius 2 is 1.25 bits per heavy atom. The number of Topliss-reactive ketones (excluding diaryl/α,β-unsaturated/α-hetero) is 2. The maximum absolute atomic E-state index is 13.7. The van der Waals surface area contributed by atoms with E-state index in [0.29, 0.717) is 11.0 Å². The van der Waals surface area contributed by atoms with E-state index in [1.165, 1.54) is 0 Å². The van der Waals surface area contributed by atoms with E-state index in [-0.39, 0.29) is 16.9 Å². The summed E-state index contributed by atoms with van der Waals surface area (Å²) in [6.45, 7) is 3.87. The largest absolute Gasteiger partial charge is 0.506 e. The van der Waals surface area contributed by atoms with Crippen molar-refractivity contribution in [3.63, 3.8) is 0 Å². The molecular formula is C35H20N2O3. The van der Waals surface area contributed by atoms with Crippen molar-refractivity contribution in [2.45, 2.75) is 13.8 Å². The number of aromatic nitrogens is 2. The van der Waals surface area contributed by atoms with Crippen molar-refractivity contribution in [3.05, 3.63) is 111 Å². The summed E-state index contributed by atoms with van der Waals surface area (Å²) >= 11 is 0. The topological polar surface area (TPSA) is 83.0 Å².